The van der Waals surface area contributed by atoms with Crippen molar-refractivity contribution in [3.63, 3.8) is 0 Å². The zero-order valence-corrected chi connectivity index (χ0v) is 12.3. The van der Waals surface area contributed by atoms with Crippen LogP contribution in [0, 0.1) is 0 Å². The number of rotatable bonds is 6. The summed E-state index contributed by atoms with van der Waals surface area (Å²) in [6.45, 7) is 0. The van der Waals surface area contributed by atoms with Crippen LogP contribution in [0.2, 0.25) is 0 Å². The van der Waals surface area contributed by atoms with E-state index in [2.05, 4.69) is 29.6 Å². The second kappa shape index (κ2) is 8.21. The molecule has 0 aliphatic heterocycles. The molecule has 0 atom stereocenters. The van der Waals surface area contributed by atoms with E-state index in [1.165, 1.54) is 0 Å². The van der Waals surface area contributed by atoms with Crippen LogP contribution in [0.15, 0.2) is 30.3 Å². The van der Waals surface area contributed by atoms with Crippen molar-refractivity contribution in [3.8, 4) is 5.75 Å². The highest BCUT2D eigenvalue weighted by molar-refractivity contribution is 9.49. The van der Waals surface area contributed by atoms with Crippen molar-refractivity contribution in [2.45, 2.75) is 0 Å². The Bertz CT molecular complexity index is 248. The van der Waals surface area contributed by atoms with E-state index in [0.717, 1.165) is 21.0 Å². The first kappa shape index (κ1) is 13.1. The topological polar surface area (TPSA) is 27.7 Å². The Morgan fingerprint density at radius 3 is 2.07 bits per heavy atom. The van der Waals surface area contributed by atoms with Crippen LogP contribution in [0.1, 0.15) is 0 Å². The number of hydrogen-bond donors (Lipinski definition) is 0. The second-order valence-electron chi connectivity index (χ2n) is 1.90. The summed E-state index contributed by atoms with van der Waals surface area (Å²) in [6, 6.07) is 9.34. The van der Waals surface area contributed by atoms with Gasteiger partial charge in [0.2, 0.25) is 0 Å². The fourth-order valence-electron chi connectivity index (χ4n) is 0.656. The minimum atomic E-state index is -1.40. The third-order valence-corrected chi connectivity index (χ3v) is 5.01. The molecule has 1 aromatic rings. The molecular weight excluding hydrogens is 375 g/mol. The monoisotopic (exact) mass is 378 g/mol. The third kappa shape index (κ3) is 5.21. The molecule has 3 nitrogen and oxygen atoms in total. The molecule has 1 rings (SSSR count). The van der Waals surface area contributed by atoms with Crippen LogP contribution in [0.5, 0.6) is 5.75 Å². The lowest BCUT2D eigenvalue weighted by atomic mass is 10.3. The number of benzene rings is 1. The van der Waals surface area contributed by atoms with Gasteiger partial charge in [-0.2, -0.15) is 0 Å². The van der Waals surface area contributed by atoms with Crippen LogP contribution in [0.3, 0.4) is 0 Å². The van der Waals surface area contributed by atoms with Gasteiger partial charge in [0.15, 0.2) is 0 Å². The summed E-state index contributed by atoms with van der Waals surface area (Å²) in [6.07, 6.45) is 0. The van der Waals surface area contributed by atoms with Gasteiger partial charge in [0.1, 0.15) is 5.75 Å². The molecule has 0 fully saturated rings. The average molecular weight is 380 g/mol. The van der Waals surface area contributed by atoms with Crippen molar-refractivity contribution in [2.24, 2.45) is 0 Å². The molecule has 0 aliphatic carbocycles. The predicted octanol–water partition coefficient (Wildman–Crippen LogP) is 5.24. The van der Waals surface area contributed by atoms with Crippen molar-refractivity contribution < 1.29 is 12.5 Å². The first-order chi connectivity index (χ1) is 6.86. The zero-order valence-electron chi connectivity index (χ0n) is 6.63. The first-order valence-corrected chi connectivity index (χ1v) is 9.57. The van der Waals surface area contributed by atoms with Crippen molar-refractivity contribution >= 4 is 59.2 Å². The van der Waals surface area contributed by atoms with E-state index in [0.29, 0.717) is 5.75 Å². The van der Waals surface area contributed by atoms with Crippen LogP contribution in [-0.4, -0.2) is 0 Å². The lowest BCUT2D eigenvalue weighted by molar-refractivity contribution is 0.441. The smallest absolute Gasteiger partial charge is 0.423 e. The molecule has 0 amide bonds. The van der Waals surface area contributed by atoms with Crippen LogP contribution in [0.4, 0.5) is 0 Å². The number of para-hydroxylation sites is 1. The normalized spacial score (nSPS) is 10.5. The zero-order chi connectivity index (χ0) is 10.2. The molecule has 78 valence electrons. The molecule has 14 heavy (non-hydrogen) atoms. The van der Waals surface area contributed by atoms with Crippen LogP contribution < -0.4 is 4.52 Å². The lowest BCUT2D eigenvalue weighted by Crippen LogP contribution is -1.87. The molecule has 0 aliphatic rings. The molecule has 0 unspecified atom stereocenters. The molecule has 1 aromatic carbocycles. The molecule has 0 saturated carbocycles. The molecular formula is C6H5Br2O3PS2. The Kier molecular flexibility index (Phi) is 7.68. The van der Waals surface area contributed by atoms with E-state index in [1.54, 1.807) is 0 Å². The van der Waals surface area contributed by atoms with E-state index in [9.17, 15) is 0 Å². The third-order valence-electron chi connectivity index (χ3n) is 1.10. The molecule has 0 spiro atoms. The van der Waals surface area contributed by atoms with Crippen LogP contribution in [-0.2, 0) is 7.94 Å². The molecule has 0 aromatic heterocycles. The largest absolute Gasteiger partial charge is 0.426 e. The van der Waals surface area contributed by atoms with E-state index in [-0.39, 0.29) is 0 Å². The van der Waals surface area contributed by atoms with Gasteiger partial charge >= 0.3 is 8.60 Å². The summed E-state index contributed by atoms with van der Waals surface area (Å²) in [7, 11) is 0.647. The quantitative estimate of drug-likeness (QED) is 0.497. The maximum absolute atomic E-state index is 5.41. The van der Waals surface area contributed by atoms with Crippen molar-refractivity contribution in [3.05, 3.63) is 30.3 Å². The summed E-state index contributed by atoms with van der Waals surface area (Å²) in [5.74, 6) is 0.710. The maximum atomic E-state index is 5.41. The van der Waals surface area contributed by atoms with Gasteiger partial charge in [-0.15, -0.1) is 0 Å². The SMILES string of the molecule is BrSOP(OSBr)Oc1ccccc1. The van der Waals surface area contributed by atoms with E-state index < -0.39 is 8.60 Å². The number of hydrogen-bond acceptors (Lipinski definition) is 5. The highest BCUT2D eigenvalue weighted by Crippen LogP contribution is 2.49. The second-order valence-corrected chi connectivity index (χ2v) is 5.56. The summed E-state index contributed by atoms with van der Waals surface area (Å²) < 4.78 is 15.6. The van der Waals surface area contributed by atoms with Gasteiger partial charge in [-0.3, -0.25) is 0 Å². The summed E-state index contributed by atoms with van der Waals surface area (Å²) in [5, 5.41) is 0. The summed E-state index contributed by atoms with van der Waals surface area (Å²) in [5.41, 5.74) is 0. The Morgan fingerprint density at radius 2 is 1.57 bits per heavy atom. The predicted molar refractivity (Wildman–Crippen MR) is 69.2 cm³/mol. The highest BCUT2D eigenvalue weighted by atomic mass is 79.9. The minimum Gasteiger partial charge on any atom is -0.426 e. The Balaban J connectivity index is 2.46. The van der Waals surface area contributed by atoms with Gasteiger partial charge in [-0.25, -0.2) is 7.94 Å². The van der Waals surface area contributed by atoms with Gasteiger partial charge in [0.05, 0.1) is 21.0 Å². The summed E-state index contributed by atoms with van der Waals surface area (Å²) >= 11 is 6.12. The molecule has 0 bridgehead atoms. The fraction of sp³-hybridized carbons (Fsp3) is 0. The van der Waals surface area contributed by atoms with Crippen molar-refractivity contribution in [1.82, 2.24) is 0 Å². The standard InChI is InChI=1S/C6H5Br2O3PS2/c7-13-10-12(11-14-8)9-6-4-2-1-3-5-6/h1-5H. The molecule has 0 radical (unpaired) electrons. The van der Waals surface area contributed by atoms with Gasteiger partial charge in [-0.05, 0) is 12.1 Å². The molecule has 0 N–H and O–H groups in total. The van der Waals surface area contributed by atoms with Crippen molar-refractivity contribution in [1.29, 1.82) is 0 Å². The van der Waals surface area contributed by atoms with Gasteiger partial charge in [-0.1, -0.05) is 18.2 Å². The lowest BCUT2D eigenvalue weighted by Gasteiger charge is -2.11. The number of halogens is 2. The molecule has 8 heteroatoms. The fourth-order valence-corrected chi connectivity index (χ4v) is 3.62. The van der Waals surface area contributed by atoms with E-state index in [4.69, 9.17) is 12.5 Å². The van der Waals surface area contributed by atoms with Crippen LogP contribution >= 0.6 is 59.2 Å². The Morgan fingerprint density at radius 1 is 1.00 bits per heavy atom. The van der Waals surface area contributed by atoms with Crippen molar-refractivity contribution in [2.75, 3.05) is 0 Å². The van der Waals surface area contributed by atoms with Gasteiger partial charge in [0.25, 0.3) is 0 Å². The minimum absolute atomic E-state index is 0.710. The maximum Gasteiger partial charge on any atom is 0.423 e. The van der Waals surface area contributed by atoms with E-state index >= 15 is 0 Å². The molecule has 0 saturated heterocycles. The van der Waals surface area contributed by atoms with Gasteiger partial charge in [0, 0.05) is 29.6 Å². The first-order valence-electron chi connectivity index (χ1n) is 3.30. The Hall–Kier alpha value is 1.03. The average Bonchev–Trinajstić information content (AvgIpc) is 2.20. The molecule has 0 heterocycles. The van der Waals surface area contributed by atoms with Gasteiger partial charge < -0.3 is 4.52 Å². The Labute approximate surface area is 107 Å². The summed E-state index contributed by atoms with van der Waals surface area (Å²) in [4.78, 5) is 0. The highest BCUT2D eigenvalue weighted by Gasteiger charge is 2.15. The van der Waals surface area contributed by atoms with Crippen LogP contribution in [0.25, 0.3) is 0 Å². The van der Waals surface area contributed by atoms with E-state index in [1.807, 2.05) is 30.3 Å².